The number of phenols is 1. The van der Waals surface area contributed by atoms with Crippen molar-refractivity contribution in [1.82, 2.24) is 20.2 Å². The van der Waals surface area contributed by atoms with Crippen LogP contribution in [-0.4, -0.2) is 44.4 Å². The first-order chi connectivity index (χ1) is 15.5. The summed E-state index contributed by atoms with van der Waals surface area (Å²) in [7, 11) is 0. The molecule has 0 amide bonds. The van der Waals surface area contributed by atoms with E-state index in [9.17, 15) is 9.90 Å². The maximum absolute atomic E-state index is 13.4. The number of hydrogen-bond donors (Lipinski definition) is 4. The van der Waals surface area contributed by atoms with Crippen LogP contribution in [-0.2, 0) is 0 Å². The van der Waals surface area contributed by atoms with Gasteiger partial charge in [-0.3, -0.25) is 9.89 Å². The number of nitrogens with one attached hydrogen (secondary N) is 2. The molecule has 1 atom stereocenters. The molecule has 8 nitrogen and oxygen atoms in total. The standard InChI is InChI=1S/C24H22N6O2/c1-12-19-20-17-7-4-15(30-9-8-14(25)11-30)10-18(17)26-24(32)21(20)22(27-23(19)29-28-12)13-2-5-16(31)6-3-13/h2-7,10,14,31H,8-9,11,25H2,1H3,(H,26,32)(H,27,28,29)/t14-/m1/s1. The van der Waals surface area contributed by atoms with Crippen molar-refractivity contribution < 1.29 is 5.11 Å². The maximum Gasteiger partial charge on any atom is 0.258 e. The molecule has 5 N–H and O–H groups in total. The molecule has 5 aromatic rings. The highest BCUT2D eigenvalue weighted by molar-refractivity contribution is 6.21. The predicted molar refractivity (Wildman–Crippen MR) is 126 cm³/mol. The molecule has 4 heterocycles. The van der Waals surface area contributed by atoms with Crippen molar-refractivity contribution in [1.29, 1.82) is 0 Å². The van der Waals surface area contributed by atoms with Gasteiger partial charge in [-0.25, -0.2) is 4.98 Å². The molecule has 0 unspecified atom stereocenters. The first-order valence-corrected chi connectivity index (χ1v) is 10.6. The number of aryl methyl sites for hydroxylation is 1. The van der Waals surface area contributed by atoms with Gasteiger partial charge >= 0.3 is 0 Å². The Morgan fingerprint density at radius 2 is 1.94 bits per heavy atom. The highest BCUT2D eigenvalue weighted by Gasteiger charge is 2.22. The summed E-state index contributed by atoms with van der Waals surface area (Å²) in [5, 5.41) is 20.2. The lowest BCUT2D eigenvalue weighted by Crippen LogP contribution is -2.26. The van der Waals surface area contributed by atoms with Crippen LogP contribution in [0.5, 0.6) is 5.75 Å². The van der Waals surface area contributed by atoms with Crippen LogP contribution in [0.15, 0.2) is 47.3 Å². The Balaban J connectivity index is 1.70. The number of nitrogens with two attached hydrogens (primary N) is 1. The van der Waals surface area contributed by atoms with Gasteiger partial charge in [-0.2, -0.15) is 5.10 Å². The molecule has 160 valence electrons. The zero-order chi connectivity index (χ0) is 22.0. The Morgan fingerprint density at radius 1 is 1.12 bits per heavy atom. The third-order valence-corrected chi connectivity index (χ3v) is 6.37. The molecule has 0 aliphatic carbocycles. The average molecular weight is 426 g/mol. The summed E-state index contributed by atoms with van der Waals surface area (Å²) >= 11 is 0. The Bertz CT molecular complexity index is 1570. The summed E-state index contributed by atoms with van der Waals surface area (Å²) in [5.74, 6) is 0.157. The number of pyridine rings is 2. The van der Waals surface area contributed by atoms with Crippen LogP contribution < -0.4 is 16.2 Å². The van der Waals surface area contributed by atoms with E-state index in [1.807, 2.05) is 13.0 Å². The lowest BCUT2D eigenvalue weighted by atomic mass is 9.98. The lowest BCUT2D eigenvalue weighted by Gasteiger charge is -2.19. The normalized spacial score (nSPS) is 16.6. The molecule has 0 saturated carbocycles. The summed E-state index contributed by atoms with van der Waals surface area (Å²) in [6.07, 6.45) is 0.961. The van der Waals surface area contributed by atoms with E-state index < -0.39 is 0 Å². The van der Waals surface area contributed by atoms with Gasteiger partial charge in [0.05, 0.1) is 27.7 Å². The van der Waals surface area contributed by atoms with Crippen molar-refractivity contribution in [2.75, 3.05) is 18.0 Å². The van der Waals surface area contributed by atoms with Gasteiger partial charge < -0.3 is 20.7 Å². The molecule has 1 aliphatic heterocycles. The number of aromatic nitrogens is 4. The second kappa shape index (κ2) is 6.80. The Kier molecular flexibility index (Phi) is 4.00. The molecular weight excluding hydrogens is 404 g/mol. The fourth-order valence-corrected chi connectivity index (χ4v) is 4.79. The molecule has 0 spiro atoms. The first-order valence-electron chi connectivity index (χ1n) is 10.6. The molecular formula is C24H22N6O2. The quantitative estimate of drug-likeness (QED) is 0.322. The number of aromatic hydroxyl groups is 1. The van der Waals surface area contributed by atoms with Crippen molar-refractivity contribution in [2.45, 2.75) is 19.4 Å². The molecule has 1 saturated heterocycles. The summed E-state index contributed by atoms with van der Waals surface area (Å²) < 4.78 is 0. The smallest absolute Gasteiger partial charge is 0.258 e. The second-order valence-corrected chi connectivity index (χ2v) is 8.47. The van der Waals surface area contributed by atoms with Crippen LogP contribution in [0.3, 0.4) is 0 Å². The van der Waals surface area contributed by atoms with E-state index in [1.54, 1.807) is 24.3 Å². The summed E-state index contributed by atoms with van der Waals surface area (Å²) in [5.41, 5.74) is 10.4. The Hall–Kier alpha value is -3.91. The monoisotopic (exact) mass is 426 g/mol. The SMILES string of the molecule is Cc1n[nH]c2nc(-c3ccc(O)cc3)c3c(=O)[nH]c4cc(N5CC[C@@H](N)C5)ccc4c3c12. The number of H-pyrrole nitrogens is 2. The lowest BCUT2D eigenvalue weighted by molar-refractivity contribution is 0.475. The predicted octanol–water partition coefficient (Wildman–Crippen LogP) is 3.17. The van der Waals surface area contributed by atoms with E-state index in [2.05, 4.69) is 32.2 Å². The number of aromatic amines is 2. The van der Waals surface area contributed by atoms with Gasteiger partial charge in [0.15, 0.2) is 5.65 Å². The van der Waals surface area contributed by atoms with Gasteiger partial charge in [0.25, 0.3) is 5.56 Å². The molecule has 0 radical (unpaired) electrons. The van der Waals surface area contributed by atoms with Crippen molar-refractivity contribution >= 4 is 38.4 Å². The van der Waals surface area contributed by atoms with Crippen molar-refractivity contribution in [3.8, 4) is 17.0 Å². The number of fused-ring (bicyclic) bond motifs is 5. The van der Waals surface area contributed by atoms with Gasteiger partial charge in [-0.15, -0.1) is 0 Å². The molecule has 2 aromatic carbocycles. The average Bonchev–Trinajstić information content (AvgIpc) is 3.39. The van der Waals surface area contributed by atoms with Crippen LogP contribution in [0.25, 0.3) is 44.0 Å². The molecule has 6 rings (SSSR count). The number of benzene rings is 2. The molecule has 1 aliphatic rings. The second-order valence-electron chi connectivity index (χ2n) is 8.47. The first kappa shape index (κ1) is 18.8. The van der Waals surface area contributed by atoms with Crippen LogP contribution in [0.1, 0.15) is 12.1 Å². The molecule has 1 fully saturated rings. The molecule has 3 aromatic heterocycles. The van der Waals surface area contributed by atoms with Gasteiger partial charge in [-0.1, -0.05) is 6.07 Å². The van der Waals surface area contributed by atoms with Crippen LogP contribution in [0.2, 0.25) is 0 Å². The van der Waals surface area contributed by atoms with E-state index in [1.165, 1.54) is 0 Å². The fourth-order valence-electron chi connectivity index (χ4n) is 4.79. The molecule has 8 heteroatoms. The minimum Gasteiger partial charge on any atom is -0.508 e. The van der Waals surface area contributed by atoms with Crippen molar-refractivity contribution in [2.24, 2.45) is 5.73 Å². The van der Waals surface area contributed by atoms with Gasteiger partial charge in [0.1, 0.15) is 5.75 Å². The van der Waals surface area contributed by atoms with E-state index in [-0.39, 0.29) is 17.4 Å². The third-order valence-electron chi connectivity index (χ3n) is 6.37. The minimum absolute atomic E-state index is 0.157. The number of rotatable bonds is 2. The van der Waals surface area contributed by atoms with Crippen molar-refractivity contribution in [3.05, 3.63) is 58.5 Å². The fraction of sp³-hybridized carbons (Fsp3) is 0.208. The maximum atomic E-state index is 13.4. The van der Waals surface area contributed by atoms with Crippen LogP contribution in [0, 0.1) is 6.92 Å². The highest BCUT2D eigenvalue weighted by Crippen LogP contribution is 2.36. The van der Waals surface area contributed by atoms with E-state index in [4.69, 9.17) is 10.7 Å². The third kappa shape index (κ3) is 2.76. The number of hydrogen-bond acceptors (Lipinski definition) is 6. The van der Waals surface area contributed by atoms with Crippen LogP contribution in [0.4, 0.5) is 5.69 Å². The summed E-state index contributed by atoms with van der Waals surface area (Å²) in [6, 6.07) is 13.0. The number of anilines is 1. The van der Waals surface area contributed by atoms with E-state index in [0.717, 1.165) is 58.1 Å². The van der Waals surface area contributed by atoms with Crippen molar-refractivity contribution in [3.63, 3.8) is 0 Å². The Morgan fingerprint density at radius 3 is 2.69 bits per heavy atom. The summed E-state index contributed by atoms with van der Waals surface area (Å²) in [6.45, 7) is 3.63. The number of nitrogens with zero attached hydrogens (tertiary/aromatic N) is 3. The minimum atomic E-state index is -0.208. The largest absolute Gasteiger partial charge is 0.508 e. The molecule has 0 bridgehead atoms. The summed E-state index contributed by atoms with van der Waals surface area (Å²) in [4.78, 5) is 23.5. The van der Waals surface area contributed by atoms with E-state index in [0.29, 0.717) is 16.7 Å². The Labute approximate surface area is 182 Å². The van der Waals surface area contributed by atoms with Gasteiger partial charge in [-0.05, 0) is 49.7 Å². The van der Waals surface area contributed by atoms with Gasteiger partial charge in [0, 0.05) is 41.2 Å². The van der Waals surface area contributed by atoms with E-state index >= 15 is 0 Å². The number of phenolic OH excluding ortho intramolecular Hbond substituents is 1. The van der Waals surface area contributed by atoms with Gasteiger partial charge in [0.2, 0.25) is 0 Å². The highest BCUT2D eigenvalue weighted by atomic mass is 16.3. The molecule has 32 heavy (non-hydrogen) atoms. The topological polar surface area (TPSA) is 124 Å². The van der Waals surface area contributed by atoms with Crippen LogP contribution >= 0.6 is 0 Å². The zero-order valence-corrected chi connectivity index (χ0v) is 17.5. The zero-order valence-electron chi connectivity index (χ0n) is 17.5.